The number of nitrogens with one attached hydrogen (secondary N) is 2. The molecule has 0 fully saturated rings. The van der Waals surface area contributed by atoms with E-state index in [9.17, 15) is 0 Å². The van der Waals surface area contributed by atoms with Crippen LogP contribution in [0, 0.1) is 0 Å². The number of hydrogen-bond donors (Lipinski definition) is 2. The summed E-state index contributed by atoms with van der Waals surface area (Å²) in [5.74, 6) is 0. The first-order chi connectivity index (χ1) is 11.2. The first-order valence-electron chi connectivity index (χ1n) is 5.99. The maximum Gasteiger partial charge on any atom is 2.00 e. The van der Waals surface area contributed by atoms with Crippen molar-refractivity contribution in [1.29, 1.82) is 0 Å². The van der Waals surface area contributed by atoms with Gasteiger partial charge in [0.2, 0.25) is 0 Å². The molecule has 0 heterocycles. The second-order valence-corrected chi connectivity index (χ2v) is 10.1. The molecule has 0 aromatic carbocycles. The zero-order valence-corrected chi connectivity index (χ0v) is 22.6. The van der Waals surface area contributed by atoms with E-state index in [0.29, 0.717) is 9.98 Å². The van der Waals surface area contributed by atoms with Crippen molar-refractivity contribution in [2.75, 3.05) is 31.6 Å². The molecule has 0 saturated heterocycles. The predicted octanol–water partition coefficient (Wildman–Crippen LogP) is 2.94. The molecule has 15 heteroatoms. The fraction of sp³-hybridized carbons (Fsp3) is 0.600. The Morgan fingerprint density at radius 1 is 0.840 bits per heavy atom. The van der Waals surface area contributed by atoms with E-state index in [-0.39, 0.29) is 32.3 Å². The molecule has 0 amide bonds. The molecular weight excluding hydrogens is 560 g/mol. The molecule has 0 aliphatic heterocycles. The van der Waals surface area contributed by atoms with Crippen molar-refractivity contribution in [3.63, 3.8) is 0 Å². The van der Waals surface area contributed by atoms with Crippen molar-refractivity contribution < 1.29 is 17.1 Å². The van der Waals surface area contributed by atoms with Gasteiger partial charge in [0.15, 0.2) is 5.54 Å². The van der Waals surface area contributed by atoms with Crippen LogP contribution < -0.4 is 10.6 Å². The summed E-state index contributed by atoms with van der Waals surface area (Å²) in [6.07, 6.45) is 7.70. The SMILES string of the molecule is CSN(SC)C(=S)C(CNC(=S)[S-])(NC(=S)[S-])C(=S)N(SC)SC.[Cu+2]. The van der Waals surface area contributed by atoms with E-state index >= 15 is 0 Å². The van der Waals surface area contributed by atoms with Crippen LogP contribution in [0.25, 0.3) is 0 Å². The molecule has 0 spiro atoms. The van der Waals surface area contributed by atoms with Gasteiger partial charge in [-0.05, 0) is 47.8 Å². The van der Waals surface area contributed by atoms with Crippen LogP contribution in [0.15, 0.2) is 0 Å². The fourth-order valence-electron chi connectivity index (χ4n) is 1.57. The second kappa shape index (κ2) is 14.9. The third kappa shape index (κ3) is 8.86. The van der Waals surface area contributed by atoms with Crippen LogP contribution in [0.2, 0.25) is 0 Å². The number of hydrogen-bond acceptors (Lipinski definition) is 10. The Hall–Kier alpha value is 1.92. The molecule has 0 aliphatic carbocycles. The van der Waals surface area contributed by atoms with Gasteiger partial charge in [0.1, 0.15) is 9.98 Å². The van der Waals surface area contributed by atoms with Gasteiger partial charge in [-0.3, -0.25) is 0 Å². The summed E-state index contributed by atoms with van der Waals surface area (Å²) in [6.45, 7) is 0.249. The molecule has 1 radical (unpaired) electrons. The first-order valence-corrected chi connectivity index (χ1v) is 13.2. The summed E-state index contributed by atoms with van der Waals surface area (Å²) in [5.41, 5.74) is -1.01. The maximum absolute atomic E-state index is 5.73. The van der Waals surface area contributed by atoms with E-state index in [1.54, 1.807) is 0 Å². The quantitative estimate of drug-likeness (QED) is 0.183. The summed E-state index contributed by atoms with van der Waals surface area (Å²) in [7, 11) is 0. The summed E-state index contributed by atoms with van der Waals surface area (Å²) >= 11 is 37.5. The molecule has 0 aromatic heterocycles. The Balaban J connectivity index is 0. The zero-order chi connectivity index (χ0) is 18.9. The third-order valence-electron chi connectivity index (χ3n) is 2.54. The summed E-state index contributed by atoms with van der Waals surface area (Å²) in [6, 6.07) is 0. The van der Waals surface area contributed by atoms with Crippen LogP contribution in [0.3, 0.4) is 0 Å². The molecule has 0 aromatic rings. The molecular formula is C10H16CuN4S10. The van der Waals surface area contributed by atoms with Gasteiger partial charge < -0.3 is 60.3 Å². The Kier molecular flexibility index (Phi) is 17.3. The van der Waals surface area contributed by atoms with E-state index in [2.05, 4.69) is 10.6 Å². The largest absolute Gasteiger partial charge is 2.00 e. The summed E-state index contributed by atoms with van der Waals surface area (Å²) in [5, 5.41) is 6.08. The smallest absolute Gasteiger partial charge is 0.412 e. The van der Waals surface area contributed by atoms with Gasteiger partial charge in [0, 0.05) is 31.6 Å². The summed E-state index contributed by atoms with van der Waals surface area (Å²) < 4.78 is 4.13. The molecule has 25 heavy (non-hydrogen) atoms. The summed E-state index contributed by atoms with van der Waals surface area (Å²) in [4.78, 5) is 1.07. The minimum absolute atomic E-state index is 0. The monoisotopic (exact) mass is 575 g/mol. The van der Waals surface area contributed by atoms with Crippen molar-refractivity contribution >= 4 is 141 Å². The Labute approximate surface area is 210 Å². The molecule has 0 rings (SSSR count). The molecule has 0 atom stereocenters. The van der Waals surface area contributed by atoms with Gasteiger partial charge >= 0.3 is 17.1 Å². The van der Waals surface area contributed by atoms with Gasteiger partial charge in [0.05, 0.1) is 0 Å². The number of rotatable bonds is 9. The van der Waals surface area contributed by atoms with E-state index in [4.69, 9.17) is 74.1 Å². The van der Waals surface area contributed by atoms with Gasteiger partial charge in [-0.2, -0.15) is 0 Å². The Morgan fingerprint density at radius 2 is 1.20 bits per heavy atom. The second-order valence-electron chi connectivity index (χ2n) is 3.81. The van der Waals surface area contributed by atoms with E-state index in [1.165, 1.54) is 47.8 Å². The van der Waals surface area contributed by atoms with Gasteiger partial charge in [0.25, 0.3) is 0 Å². The van der Waals surface area contributed by atoms with Crippen LogP contribution in [-0.2, 0) is 42.3 Å². The van der Waals surface area contributed by atoms with Crippen LogP contribution in [0.4, 0.5) is 0 Å². The Bertz CT molecular complexity index is 458. The van der Waals surface area contributed by atoms with E-state index in [0.717, 1.165) is 0 Å². The van der Waals surface area contributed by atoms with Gasteiger partial charge in [-0.25, -0.2) is 7.42 Å². The molecule has 0 aliphatic rings. The molecule has 0 unspecified atom stereocenters. The van der Waals surface area contributed by atoms with Crippen LogP contribution in [0.5, 0.6) is 0 Å². The van der Waals surface area contributed by atoms with Crippen LogP contribution in [0.1, 0.15) is 0 Å². The third-order valence-corrected chi connectivity index (χ3v) is 8.40. The van der Waals surface area contributed by atoms with E-state index < -0.39 is 5.54 Å². The fourth-order valence-corrected chi connectivity index (χ4v) is 5.94. The van der Waals surface area contributed by atoms with Gasteiger partial charge in [-0.1, -0.05) is 33.1 Å². The first kappa shape index (κ1) is 29.1. The Morgan fingerprint density at radius 3 is 1.44 bits per heavy atom. The van der Waals surface area contributed by atoms with Crippen molar-refractivity contribution in [3.8, 4) is 0 Å². The average Bonchev–Trinajstić information content (AvgIpc) is 2.53. The molecule has 0 bridgehead atoms. The number of nitrogens with zero attached hydrogens (tertiary/aromatic N) is 2. The van der Waals surface area contributed by atoms with Crippen molar-refractivity contribution in [3.05, 3.63) is 0 Å². The number of thiocarbonyl (C=S) groups is 4. The van der Waals surface area contributed by atoms with Crippen molar-refractivity contribution in [1.82, 2.24) is 18.1 Å². The average molecular weight is 576 g/mol. The maximum atomic E-state index is 5.73. The molecule has 147 valence electrons. The molecule has 2 N–H and O–H groups in total. The topological polar surface area (TPSA) is 30.5 Å². The standard InChI is InChI=1S/C10H18N4S10.Cu/c1-21-13(22-2)6(15)10(12-9(19)20,5-11-8(17)18)7(16)14(23-3)24-4;/h5H2,1-4H3,(H2,11,17,18)(H2,12,19,20);/q;+2/p-2. The minimum atomic E-state index is -1.01. The normalized spacial score (nSPS) is 10.2. The van der Waals surface area contributed by atoms with Crippen molar-refractivity contribution in [2.24, 2.45) is 0 Å². The predicted molar refractivity (Wildman–Crippen MR) is 137 cm³/mol. The van der Waals surface area contributed by atoms with E-state index in [1.807, 2.05) is 32.4 Å². The molecule has 4 nitrogen and oxygen atoms in total. The van der Waals surface area contributed by atoms with Crippen molar-refractivity contribution in [2.45, 2.75) is 5.54 Å². The minimum Gasteiger partial charge on any atom is -0.412 e. The van der Waals surface area contributed by atoms with Crippen LogP contribution >= 0.6 is 96.7 Å². The zero-order valence-electron chi connectivity index (χ0n) is 13.5. The van der Waals surface area contributed by atoms with Crippen LogP contribution in [-0.4, -0.2) is 63.1 Å². The molecule has 0 saturated carbocycles. The van der Waals surface area contributed by atoms with Gasteiger partial charge in [-0.15, -0.1) is 0 Å².